The maximum absolute atomic E-state index is 3.77. The standard InChI is InChI=1S/C11H16Si/c1-4-7-10-8-5-6-9-11(10)12(2)3/h4-6,8-9,12H,1,7H2,2-3H3. The molecule has 0 aliphatic carbocycles. The Bertz CT molecular complexity index is 263. The summed E-state index contributed by atoms with van der Waals surface area (Å²) in [5.74, 6) is 0. The van der Waals surface area contributed by atoms with Crippen molar-refractivity contribution in [2.24, 2.45) is 0 Å². The first-order chi connectivity index (χ1) is 5.75. The van der Waals surface area contributed by atoms with Crippen molar-refractivity contribution in [3.05, 3.63) is 42.5 Å². The van der Waals surface area contributed by atoms with Gasteiger partial charge in [0.05, 0.1) is 8.80 Å². The summed E-state index contributed by atoms with van der Waals surface area (Å²) >= 11 is 0. The van der Waals surface area contributed by atoms with Crippen LogP contribution in [-0.2, 0) is 6.42 Å². The Morgan fingerprint density at radius 2 is 2.00 bits per heavy atom. The molecule has 0 radical (unpaired) electrons. The SMILES string of the molecule is C=CCc1ccccc1[SiH](C)C. The average Bonchev–Trinajstić information content (AvgIpc) is 2.05. The highest BCUT2D eigenvalue weighted by atomic mass is 28.3. The van der Waals surface area contributed by atoms with Crippen LogP contribution in [0, 0.1) is 0 Å². The van der Waals surface area contributed by atoms with E-state index in [1.165, 1.54) is 5.56 Å². The summed E-state index contributed by atoms with van der Waals surface area (Å²) < 4.78 is 0. The van der Waals surface area contributed by atoms with E-state index in [1.54, 1.807) is 5.19 Å². The van der Waals surface area contributed by atoms with E-state index in [4.69, 9.17) is 0 Å². The number of hydrogen-bond acceptors (Lipinski definition) is 0. The van der Waals surface area contributed by atoms with Crippen LogP contribution in [0.1, 0.15) is 5.56 Å². The third kappa shape index (κ3) is 2.08. The van der Waals surface area contributed by atoms with Crippen molar-refractivity contribution in [3.8, 4) is 0 Å². The van der Waals surface area contributed by atoms with Crippen molar-refractivity contribution in [2.75, 3.05) is 0 Å². The maximum atomic E-state index is 3.77. The quantitative estimate of drug-likeness (QED) is 0.489. The molecule has 1 aromatic rings. The summed E-state index contributed by atoms with van der Waals surface area (Å²) in [5, 5.41) is 1.58. The van der Waals surface area contributed by atoms with E-state index >= 15 is 0 Å². The summed E-state index contributed by atoms with van der Waals surface area (Å²) in [4.78, 5) is 0. The Balaban J connectivity index is 2.99. The van der Waals surface area contributed by atoms with Gasteiger partial charge in [0.25, 0.3) is 0 Å². The Morgan fingerprint density at radius 3 is 2.58 bits per heavy atom. The lowest BCUT2D eigenvalue weighted by Gasteiger charge is -2.09. The topological polar surface area (TPSA) is 0 Å². The van der Waals surface area contributed by atoms with E-state index in [0.717, 1.165) is 6.42 Å². The van der Waals surface area contributed by atoms with E-state index in [9.17, 15) is 0 Å². The average molecular weight is 176 g/mol. The predicted octanol–water partition coefficient (Wildman–Crippen LogP) is 2.11. The van der Waals surface area contributed by atoms with Gasteiger partial charge in [0, 0.05) is 0 Å². The van der Waals surface area contributed by atoms with Crippen molar-refractivity contribution < 1.29 is 0 Å². The third-order valence-corrected chi connectivity index (χ3v) is 3.85. The van der Waals surface area contributed by atoms with E-state index in [1.807, 2.05) is 6.08 Å². The zero-order valence-corrected chi connectivity index (χ0v) is 9.03. The normalized spacial score (nSPS) is 10.2. The lowest BCUT2D eigenvalue weighted by Crippen LogP contribution is -2.26. The molecule has 0 bridgehead atoms. The summed E-state index contributed by atoms with van der Waals surface area (Å²) in [5.41, 5.74) is 1.47. The minimum Gasteiger partial charge on any atom is -0.103 e. The van der Waals surface area contributed by atoms with Crippen molar-refractivity contribution in [2.45, 2.75) is 19.5 Å². The van der Waals surface area contributed by atoms with Crippen molar-refractivity contribution in [3.63, 3.8) is 0 Å². The van der Waals surface area contributed by atoms with Gasteiger partial charge in [-0.3, -0.25) is 0 Å². The molecule has 1 heteroatoms. The number of benzene rings is 1. The molecule has 12 heavy (non-hydrogen) atoms. The van der Waals surface area contributed by atoms with Gasteiger partial charge in [-0.2, -0.15) is 0 Å². The van der Waals surface area contributed by atoms with E-state index in [-0.39, 0.29) is 0 Å². The van der Waals surface area contributed by atoms with Gasteiger partial charge >= 0.3 is 0 Å². The molecule has 0 spiro atoms. The van der Waals surface area contributed by atoms with Crippen molar-refractivity contribution >= 4 is 14.0 Å². The molecule has 64 valence electrons. The van der Waals surface area contributed by atoms with E-state index in [0.29, 0.717) is 0 Å². The summed E-state index contributed by atoms with van der Waals surface area (Å²) in [6.07, 6.45) is 3.00. The van der Waals surface area contributed by atoms with Crippen LogP contribution in [0.5, 0.6) is 0 Å². The van der Waals surface area contributed by atoms with Crippen LogP contribution in [0.15, 0.2) is 36.9 Å². The lowest BCUT2D eigenvalue weighted by molar-refractivity contribution is 1.30. The molecule has 0 N–H and O–H groups in total. The molecule has 1 rings (SSSR count). The molecule has 0 saturated heterocycles. The summed E-state index contributed by atoms with van der Waals surface area (Å²) in [6.45, 7) is 8.50. The molecule has 1 aromatic carbocycles. The highest BCUT2D eigenvalue weighted by Gasteiger charge is 2.04. The molecule has 0 atom stereocenters. The maximum Gasteiger partial charge on any atom is 0.0651 e. The van der Waals surface area contributed by atoms with Crippen LogP contribution in [0.2, 0.25) is 13.1 Å². The van der Waals surface area contributed by atoms with Crippen molar-refractivity contribution in [1.82, 2.24) is 0 Å². The molecular formula is C11H16Si. The van der Waals surface area contributed by atoms with Gasteiger partial charge < -0.3 is 0 Å². The molecule has 0 aromatic heterocycles. The van der Waals surface area contributed by atoms with Crippen LogP contribution in [0.4, 0.5) is 0 Å². The highest BCUT2D eigenvalue weighted by molar-refractivity contribution is 6.71. The zero-order valence-electron chi connectivity index (χ0n) is 7.88. The second kappa shape index (κ2) is 4.26. The van der Waals surface area contributed by atoms with Gasteiger partial charge in [0.2, 0.25) is 0 Å². The Morgan fingerprint density at radius 1 is 1.33 bits per heavy atom. The van der Waals surface area contributed by atoms with Gasteiger partial charge in [-0.05, 0) is 12.0 Å². The molecule has 0 heterocycles. The molecule has 0 amide bonds. The monoisotopic (exact) mass is 176 g/mol. The second-order valence-corrected chi connectivity index (χ2v) is 6.28. The van der Waals surface area contributed by atoms with Gasteiger partial charge in [0.15, 0.2) is 0 Å². The molecule has 0 aliphatic heterocycles. The Kier molecular flexibility index (Phi) is 3.29. The number of allylic oxidation sites excluding steroid dienone is 1. The fourth-order valence-electron chi connectivity index (χ4n) is 1.44. The molecule has 0 unspecified atom stereocenters. The van der Waals surface area contributed by atoms with Gasteiger partial charge in [-0.1, -0.05) is 48.6 Å². The summed E-state index contributed by atoms with van der Waals surface area (Å²) in [7, 11) is -0.648. The summed E-state index contributed by atoms with van der Waals surface area (Å²) in [6, 6.07) is 8.72. The predicted molar refractivity (Wildman–Crippen MR) is 58.9 cm³/mol. The van der Waals surface area contributed by atoms with Crippen LogP contribution in [0.3, 0.4) is 0 Å². The van der Waals surface area contributed by atoms with E-state index < -0.39 is 8.80 Å². The van der Waals surface area contributed by atoms with Crippen molar-refractivity contribution in [1.29, 1.82) is 0 Å². The van der Waals surface area contributed by atoms with Crippen LogP contribution < -0.4 is 5.19 Å². The smallest absolute Gasteiger partial charge is 0.0651 e. The molecule has 0 nitrogen and oxygen atoms in total. The second-order valence-electron chi connectivity index (χ2n) is 3.35. The first kappa shape index (κ1) is 9.27. The molecule has 0 saturated carbocycles. The third-order valence-electron chi connectivity index (χ3n) is 2.04. The number of hydrogen-bond donors (Lipinski definition) is 0. The van der Waals surface area contributed by atoms with Gasteiger partial charge in [-0.25, -0.2) is 0 Å². The fourth-order valence-corrected chi connectivity index (χ4v) is 2.89. The van der Waals surface area contributed by atoms with Gasteiger partial charge in [0.1, 0.15) is 0 Å². The van der Waals surface area contributed by atoms with Gasteiger partial charge in [-0.15, -0.1) is 6.58 Å². The van der Waals surface area contributed by atoms with Crippen LogP contribution in [-0.4, -0.2) is 8.80 Å². The highest BCUT2D eigenvalue weighted by Crippen LogP contribution is 2.00. The van der Waals surface area contributed by atoms with Crippen LogP contribution >= 0.6 is 0 Å². The lowest BCUT2D eigenvalue weighted by atomic mass is 10.1. The molecule has 0 fully saturated rings. The Hall–Kier alpha value is -0.823. The van der Waals surface area contributed by atoms with Crippen LogP contribution in [0.25, 0.3) is 0 Å². The Labute approximate surface area is 76.5 Å². The zero-order chi connectivity index (χ0) is 8.97. The first-order valence-corrected chi connectivity index (χ1v) is 7.33. The molecule has 0 aliphatic rings. The molecular weight excluding hydrogens is 160 g/mol. The largest absolute Gasteiger partial charge is 0.103 e. The van der Waals surface area contributed by atoms with E-state index in [2.05, 4.69) is 43.9 Å². The minimum atomic E-state index is -0.648. The minimum absolute atomic E-state index is 0.648. The fraction of sp³-hybridized carbons (Fsp3) is 0.273. The number of rotatable bonds is 3. The first-order valence-electron chi connectivity index (χ1n) is 4.44.